The normalized spacial score (nSPS) is 22.3. The van der Waals surface area contributed by atoms with Gasteiger partial charge in [0.25, 0.3) is 0 Å². The third-order valence-corrected chi connectivity index (χ3v) is 4.05. The third kappa shape index (κ3) is 6.56. The number of carbonyl (C=O) groups is 1. The Morgan fingerprint density at radius 3 is 2.75 bits per heavy atom. The van der Waals surface area contributed by atoms with Crippen molar-refractivity contribution in [1.29, 1.82) is 0 Å². The van der Waals surface area contributed by atoms with Crippen LogP contribution in [0.4, 0.5) is 0 Å². The van der Waals surface area contributed by atoms with E-state index in [9.17, 15) is 4.79 Å². The summed E-state index contributed by atoms with van der Waals surface area (Å²) in [5, 5.41) is 0. The molecule has 1 rings (SSSR count). The highest BCUT2D eigenvalue weighted by Gasteiger charge is 2.28. The molecule has 1 aliphatic carbocycles. The van der Waals surface area contributed by atoms with Gasteiger partial charge in [0.05, 0.1) is 5.60 Å². The van der Waals surface area contributed by atoms with Crippen molar-refractivity contribution >= 4 is 5.97 Å². The smallest absolute Gasteiger partial charge is 0.330 e. The van der Waals surface area contributed by atoms with Crippen molar-refractivity contribution in [2.75, 3.05) is 13.2 Å². The molecule has 0 amide bonds. The molecule has 1 saturated carbocycles. The number of esters is 1. The molecule has 0 spiro atoms. The number of hydrogen-bond acceptors (Lipinski definition) is 3. The second kappa shape index (κ2) is 7.26. The summed E-state index contributed by atoms with van der Waals surface area (Å²) in [6.07, 6.45) is 7.56. The lowest BCUT2D eigenvalue weighted by atomic mass is 9.71. The average Bonchev–Trinajstić information content (AvgIpc) is 2.34. The first-order chi connectivity index (χ1) is 9.24. The maximum atomic E-state index is 11.1. The molecule has 20 heavy (non-hydrogen) atoms. The first-order valence-electron chi connectivity index (χ1n) is 7.67. The molecule has 0 saturated heterocycles. The van der Waals surface area contributed by atoms with Gasteiger partial charge in [-0.2, -0.15) is 0 Å². The molecular weight excluding hydrogens is 252 g/mol. The van der Waals surface area contributed by atoms with Crippen molar-refractivity contribution in [1.82, 2.24) is 0 Å². The molecule has 1 atom stereocenters. The van der Waals surface area contributed by atoms with Gasteiger partial charge in [0.15, 0.2) is 0 Å². The monoisotopic (exact) mass is 282 g/mol. The summed E-state index contributed by atoms with van der Waals surface area (Å²) >= 11 is 0. The molecule has 116 valence electrons. The highest BCUT2D eigenvalue weighted by molar-refractivity contribution is 5.81. The Morgan fingerprint density at radius 2 is 2.15 bits per heavy atom. The molecule has 0 heterocycles. The van der Waals surface area contributed by atoms with Gasteiger partial charge >= 0.3 is 5.97 Å². The zero-order valence-corrected chi connectivity index (χ0v) is 13.5. The Kier molecular flexibility index (Phi) is 6.25. The van der Waals surface area contributed by atoms with Crippen molar-refractivity contribution in [3.63, 3.8) is 0 Å². The molecule has 0 aliphatic heterocycles. The quantitative estimate of drug-likeness (QED) is 0.520. The van der Waals surface area contributed by atoms with Gasteiger partial charge in [-0.05, 0) is 44.4 Å². The SMILES string of the molecule is C=CC(=O)OCC(C)(C)OCCC1CCCC(C)(C)C1. The van der Waals surface area contributed by atoms with E-state index in [1.165, 1.54) is 31.8 Å². The molecule has 0 N–H and O–H groups in total. The van der Waals surface area contributed by atoms with E-state index in [1.54, 1.807) is 0 Å². The molecule has 1 aliphatic rings. The Balaban J connectivity index is 2.25. The summed E-state index contributed by atoms with van der Waals surface area (Å²) in [7, 11) is 0. The van der Waals surface area contributed by atoms with Gasteiger partial charge in [-0.3, -0.25) is 0 Å². The van der Waals surface area contributed by atoms with Crippen LogP contribution in [0, 0.1) is 11.3 Å². The van der Waals surface area contributed by atoms with Crippen molar-refractivity contribution < 1.29 is 14.3 Å². The van der Waals surface area contributed by atoms with Gasteiger partial charge in [0.1, 0.15) is 6.61 Å². The minimum absolute atomic E-state index is 0.272. The minimum Gasteiger partial charge on any atom is -0.459 e. The molecule has 0 radical (unpaired) electrons. The van der Waals surface area contributed by atoms with Crippen molar-refractivity contribution in [2.24, 2.45) is 11.3 Å². The Morgan fingerprint density at radius 1 is 1.45 bits per heavy atom. The summed E-state index contributed by atoms with van der Waals surface area (Å²) in [5.74, 6) is 0.376. The van der Waals surface area contributed by atoms with E-state index in [0.717, 1.165) is 18.9 Å². The lowest BCUT2D eigenvalue weighted by Gasteiger charge is -2.35. The Labute approximate surface area is 123 Å². The van der Waals surface area contributed by atoms with Crippen LogP contribution < -0.4 is 0 Å². The van der Waals surface area contributed by atoms with Gasteiger partial charge in [0, 0.05) is 12.7 Å². The van der Waals surface area contributed by atoms with Crippen molar-refractivity contribution in [2.45, 2.75) is 65.4 Å². The van der Waals surface area contributed by atoms with E-state index in [0.29, 0.717) is 5.41 Å². The lowest BCUT2D eigenvalue weighted by molar-refractivity contribution is -0.147. The maximum Gasteiger partial charge on any atom is 0.330 e. The topological polar surface area (TPSA) is 35.5 Å². The Bertz CT molecular complexity index is 331. The van der Waals surface area contributed by atoms with Crippen LogP contribution in [-0.2, 0) is 14.3 Å². The molecule has 3 heteroatoms. The first-order valence-corrected chi connectivity index (χ1v) is 7.67. The summed E-state index contributed by atoms with van der Waals surface area (Å²) in [4.78, 5) is 11.1. The number of hydrogen-bond donors (Lipinski definition) is 0. The highest BCUT2D eigenvalue weighted by atomic mass is 16.6. The van der Waals surface area contributed by atoms with E-state index in [2.05, 4.69) is 20.4 Å². The molecule has 3 nitrogen and oxygen atoms in total. The third-order valence-electron chi connectivity index (χ3n) is 4.05. The fourth-order valence-corrected chi connectivity index (χ4v) is 2.95. The summed E-state index contributed by atoms with van der Waals surface area (Å²) < 4.78 is 10.9. The van der Waals surface area contributed by atoms with E-state index in [1.807, 2.05) is 13.8 Å². The average molecular weight is 282 g/mol. The van der Waals surface area contributed by atoms with E-state index in [4.69, 9.17) is 9.47 Å². The second-order valence-electron chi connectivity index (χ2n) is 7.34. The van der Waals surface area contributed by atoms with E-state index in [-0.39, 0.29) is 6.61 Å². The van der Waals surface area contributed by atoms with Crippen molar-refractivity contribution in [3.8, 4) is 0 Å². The first kappa shape index (κ1) is 17.2. The molecular formula is C17H30O3. The van der Waals surface area contributed by atoms with Crippen LogP contribution in [0.2, 0.25) is 0 Å². The molecule has 1 unspecified atom stereocenters. The Hall–Kier alpha value is -0.830. The second-order valence-corrected chi connectivity index (χ2v) is 7.34. The van der Waals surface area contributed by atoms with Crippen LogP contribution in [0.15, 0.2) is 12.7 Å². The number of rotatable bonds is 7. The van der Waals surface area contributed by atoms with Crippen molar-refractivity contribution in [3.05, 3.63) is 12.7 Å². The van der Waals surface area contributed by atoms with Gasteiger partial charge < -0.3 is 9.47 Å². The van der Waals surface area contributed by atoms with Crippen LogP contribution >= 0.6 is 0 Å². The minimum atomic E-state index is -0.428. The highest BCUT2D eigenvalue weighted by Crippen LogP contribution is 2.39. The van der Waals surface area contributed by atoms with Crippen LogP contribution in [0.1, 0.15) is 59.8 Å². The van der Waals surface area contributed by atoms with Gasteiger partial charge in [-0.25, -0.2) is 4.79 Å². The maximum absolute atomic E-state index is 11.1. The molecule has 0 aromatic rings. The fraction of sp³-hybridized carbons (Fsp3) is 0.824. The van der Waals surface area contributed by atoms with E-state index < -0.39 is 11.6 Å². The predicted molar refractivity (Wildman–Crippen MR) is 81.5 cm³/mol. The molecule has 0 bridgehead atoms. The zero-order chi connectivity index (χ0) is 15.2. The standard InChI is InChI=1S/C17H30O3/c1-6-15(18)19-13-17(4,5)20-11-9-14-8-7-10-16(2,3)12-14/h6,14H,1,7-13H2,2-5H3. The van der Waals surface area contributed by atoms with Crippen LogP contribution in [0.5, 0.6) is 0 Å². The predicted octanol–water partition coefficient (Wildman–Crippen LogP) is 4.12. The number of carbonyl (C=O) groups excluding carboxylic acids is 1. The van der Waals surface area contributed by atoms with Crippen LogP contribution in [-0.4, -0.2) is 24.8 Å². The van der Waals surface area contributed by atoms with Gasteiger partial charge in [-0.15, -0.1) is 0 Å². The van der Waals surface area contributed by atoms with Crippen LogP contribution in [0.3, 0.4) is 0 Å². The largest absolute Gasteiger partial charge is 0.459 e. The number of ether oxygens (including phenoxy) is 2. The lowest BCUT2D eigenvalue weighted by Crippen LogP contribution is -2.33. The molecule has 0 aromatic heterocycles. The van der Waals surface area contributed by atoms with Gasteiger partial charge in [-0.1, -0.05) is 33.3 Å². The van der Waals surface area contributed by atoms with Gasteiger partial charge in [0.2, 0.25) is 0 Å². The zero-order valence-electron chi connectivity index (χ0n) is 13.5. The molecule has 1 fully saturated rings. The summed E-state index contributed by atoms with van der Waals surface area (Å²) in [6, 6.07) is 0. The van der Waals surface area contributed by atoms with Crippen LogP contribution in [0.25, 0.3) is 0 Å². The fourth-order valence-electron chi connectivity index (χ4n) is 2.95. The molecule has 0 aromatic carbocycles. The summed E-state index contributed by atoms with van der Waals surface area (Å²) in [5.41, 5.74) is 0.0563. The van der Waals surface area contributed by atoms with E-state index >= 15 is 0 Å². The summed E-state index contributed by atoms with van der Waals surface area (Å²) in [6.45, 7) is 13.0.